The molecule has 1 aromatic rings. The molecule has 0 radical (unpaired) electrons. The van der Waals surface area contributed by atoms with Crippen LogP contribution in [0.1, 0.15) is 15.9 Å². The summed E-state index contributed by atoms with van der Waals surface area (Å²) in [5.74, 6) is 0.155. The molecule has 0 unspecified atom stereocenters. The maximum atomic E-state index is 11.9. The number of ether oxygens (including phenoxy) is 1. The van der Waals surface area contributed by atoms with Crippen LogP contribution in [0.25, 0.3) is 0 Å². The second-order valence-corrected chi connectivity index (χ2v) is 3.85. The van der Waals surface area contributed by atoms with Crippen molar-refractivity contribution < 1.29 is 14.6 Å². The third-order valence-electron chi connectivity index (χ3n) is 2.52. The van der Waals surface area contributed by atoms with Crippen LogP contribution in [-0.4, -0.2) is 35.8 Å². The summed E-state index contributed by atoms with van der Waals surface area (Å²) in [7, 11) is 0. The molecule has 1 aliphatic rings. The van der Waals surface area contributed by atoms with Crippen LogP contribution in [0.3, 0.4) is 0 Å². The van der Waals surface area contributed by atoms with Crippen molar-refractivity contribution in [1.29, 1.82) is 0 Å². The number of hydrogen-bond acceptors (Lipinski definition) is 3. The van der Waals surface area contributed by atoms with E-state index in [1.807, 2.05) is 0 Å². The molecule has 0 aromatic heterocycles. The van der Waals surface area contributed by atoms with Gasteiger partial charge in [-0.05, 0) is 12.1 Å². The Morgan fingerprint density at radius 1 is 1.56 bits per heavy atom. The van der Waals surface area contributed by atoms with Crippen LogP contribution < -0.4 is 0 Å². The molecule has 1 aliphatic heterocycles. The van der Waals surface area contributed by atoms with Crippen molar-refractivity contribution in [3.05, 3.63) is 29.3 Å². The first-order chi connectivity index (χ1) is 7.72. The van der Waals surface area contributed by atoms with Crippen molar-refractivity contribution in [1.82, 2.24) is 4.90 Å². The highest BCUT2D eigenvalue weighted by Gasteiger charge is 2.20. The molecule has 0 atom stereocenters. The van der Waals surface area contributed by atoms with Gasteiger partial charge in [-0.2, -0.15) is 0 Å². The van der Waals surface area contributed by atoms with Gasteiger partial charge in [0.2, 0.25) is 0 Å². The standard InChI is InChI=1S/C11H12ClNO3/c12-6-9-2-1-8(5-10(9)14)11(15)13-3-4-16-7-13/h1-2,5,14H,3-4,6-7H2. The second-order valence-electron chi connectivity index (χ2n) is 3.58. The molecule has 1 saturated heterocycles. The molecule has 1 heterocycles. The molecule has 0 spiro atoms. The summed E-state index contributed by atoms with van der Waals surface area (Å²) in [6, 6.07) is 4.77. The Balaban J connectivity index is 2.20. The van der Waals surface area contributed by atoms with E-state index in [4.69, 9.17) is 16.3 Å². The predicted molar refractivity (Wildman–Crippen MR) is 59.5 cm³/mol. The molecule has 1 aromatic carbocycles. The van der Waals surface area contributed by atoms with E-state index >= 15 is 0 Å². The molecule has 1 amide bonds. The van der Waals surface area contributed by atoms with E-state index < -0.39 is 0 Å². The number of nitrogens with zero attached hydrogens (tertiary/aromatic N) is 1. The van der Waals surface area contributed by atoms with Gasteiger partial charge in [0.05, 0.1) is 12.5 Å². The van der Waals surface area contributed by atoms with E-state index in [0.29, 0.717) is 31.0 Å². The molecule has 4 nitrogen and oxygen atoms in total. The Morgan fingerprint density at radius 3 is 2.94 bits per heavy atom. The maximum Gasteiger partial charge on any atom is 0.255 e. The van der Waals surface area contributed by atoms with Gasteiger partial charge < -0.3 is 14.7 Å². The van der Waals surface area contributed by atoms with Crippen molar-refractivity contribution in [3.63, 3.8) is 0 Å². The summed E-state index contributed by atoms with van der Waals surface area (Å²) >= 11 is 5.62. The molecule has 0 saturated carbocycles. The fourth-order valence-corrected chi connectivity index (χ4v) is 1.79. The lowest BCUT2D eigenvalue weighted by molar-refractivity contribution is 0.0694. The molecule has 86 valence electrons. The summed E-state index contributed by atoms with van der Waals surface area (Å²) in [6.07, 6.45) is 0. The third kappa shape index (κ3) is 2.13. The number of carbonyl (C=O) groups excluding carboxylic acids is 1. The zero-order valence-electron chi connectivity index (χ0n) is 8.65. The van der Waals surface area contributed by atoms with E-state index in [2.05, 4.69) is 0 Å². The number of alkyl halides is 1. The summed E-state index contributed by atoms with van der Waals surface area (Å²) in [5, 5.41) is 9.60. The second kappa shape index (κ2) is 4.72. The van der Waals surface area contributed by atoms with Gasteiger partial charge in [-0.15, -0.1) is 11.6 Å². The van der Waals surface area contributed by atoms with Gasteiger partial charge in [0.25, 0.3) is 5.91 Å². The van der Waals surface area contributed by atoms with Crippen LogP contribution in [0, 0.1) is 0 Å². The van der Waals surface area contributed by atoms with Crippen molar-refractivity contribution in [2.45, 2.75) is 5.88 Å². The lowest BCUT2D eigenvalue weighted by Gasteiger charge is -2.13. The number of phenols is 1. The van der Waals surface area contributed by atoms with Gasteiger partial charge in [-0.3, -0.25) is 4.79 Å². The van der Waals surface area contributed by atoms with Gasteiger partial charge in [-0.25, -0.2) is 0 Å². The Labute approximate surface area is 98.4 Å². The van der Waals surface area contributed by atoms with Crippen LogP contribution in [0.4, 0.5) is 0 Å². The van der Waals surface area contributed by atoms with E-state index in [9.17, 15) is 9.90 Å². The quantitative estimate of drug-likeness (QED) is 0.800. The monoisotopic (exact) mass is 241 g/mol. The van der Waals surface area contributed by atoms with E-state index in [-0.39, 0.29) is 17.5 Å². The SMILES string of the molecule is O=C(c1ccc(CCl)c(O)c1)N1CCOC1. The van der Waals surface area contributed by atoms with Crippen molar-refractivity contribution in [2.75, 3.05) is 19.9 Å². The topological polar surface area (TPSA) is 49.8 Å². The summed E-state index contributed by atoms with van der Waals surface area (Å²) in [5.41, 5.74) is 1.08. The van der Waals surface area contributed by atoms with E-state index in [0.717, 1.165) is 0 Å². The highest BCUT2D eigenvalue weighted by molar-refractivity contribution is 6.17. The number of carbonyl (C=O) groups is 1. The van der Waals surface area contributed by atoms with Gasteiger partial charge >= 0.3 is 0 Å². The highest BCUT2D eigenvalue weighted by atomic mass is 35.5. The van der Waals surface area contributed by atoms with Gasteiger partial charge in [-0.1, -0.05) is 6.07 Å². The molecule has 16 heavy (non-hydrogen) atoms. The Kier molecular flexibility index (Phi) is 3.31. The smallest absolute Gasteiger partial charge is 0.255 e. The van der Waals surface area contributed by atoms with Crippen molar-refractivity contribution >= 4 is 17.5 Å². The number of benzene rings is 1. The average Bonchev–Trinajstić information content (AvgIpc) is 2.81. The minimum absolute atomic E-state index is 0.0564. The summed E-state index contributed by atoms with van der Waals surface area (Å²) in [4.78, 5) is 13.5. The third-order valence-corrected chi connectivity index (χ3v) is 2.80. The van der Waals surface area contributed by atoms with Gasteiger partial charge in [0.1, 0.15) is 12.5 Å². The zero-order valence-corrected chi connectivity index (χ0v) is 9.41. The largest absolute Gasteiger partial charge is 0.508 e. The number of amides is 1. The zero-order chi connectivity index (χ0) is 11.5. The first-order valence-electron chi connectivity index (χ1n) is 4.97. The van der Waals surface area contributed by atoms with E-state index in [1.54, 1.807) is 17.0 Å². The molecule has 0 bridgehead atoms. The Hall–Kier alpha value is -1.26. The normalized spacial score (nSPS) is 15.4. The molecule has 0 aliphatic carbocycles. The van der Waals surface area contributed by atoms with Crippen LogP contribution in [0.5, 0.6) is 5.75 Å². The van der Waals surface area contributed by atoms with Crippen LogP contribution in [0.2, 0.25) is 0 Å². The highest BCUT2D eigenvalue weighted by Crippen LogP contribution is 2.21. The fourth-order valence-electron chi connectivity index (χ4n) is 1.57. The lowest BCUT2D eigenvalue weighted by atomic mass is 10.1. The Bertz CT molecular complexity index is 402. The number of phenolic OH excluding ortho intramolecular Hbond substituents is 1. The first kappa shape index (κ1) is 11.2. The minimum Gasteiger partial charge on any atom is -0.508 e. The fraction of sp³-hybridized carbons (Fsp3) is 0.364. The number of aromatic hydroxyl groups is 1. The maximum absolute atomic E-state index is 11.9. The van der Waals surface area contributed by atoms with Crippen LogP contribution in [0.15, 0.2) is 18.2 Å². The average molecular weight is 242 g/mol. The Morgan fingerprint density at radius 2 is 2.38 bits per heavy atom. The minimum atomic E-state index is -0.131. The van der Waals surface area contributed by atoms with Crippen LogP contribution in [-0.2, 0) is 10.6 Å². The van der Waals surface area contributed by atoms with Gasteiger partial charge in [0, 0.05) is 17.7 Å². The lowest BCUT2D eigenvalue weighted by Crippen LogP contribution is -2.28. The first-order valence-corrected chi connectivity index (χ1v) is 5.50. The van der Waals surface area contributed by atoms with Crippen molar-refractivity contribution in [3.8, 4) is 5.75 Å². The molecule has 2 rings (SSSR count). The number of rotatable bonds is 2. The van der Waals surface area contributed by atoms with Crippen molar-refractivity contribution in [2.24, 2.45) is 0 Å². The molecular formula is C11H12ClNO3. The van der Waals surface area contributed by atoms with E-state index in [1.165, 1.54) is 6.07 Å². The van der Waals surface area contributed by atoms with Crippen LogP contribution >= 0.6 is 11.6 Å². The summed E-state index contributed by atoms with van der Waals surface area (Å²) < 4.78 is 5.10. The number of hydrogen-bond donors (Lipinski definition) is 1. The molecule has 1 fully saturated rings. The predicted octanol–water partition coefficient (Wildman–Crippen LogP) is 1.56. The molecule has 1 N–H and O–H groups in total. The summed E-state index contributed by atoms with van der Waals surface area (Å²) in [6.45, 7) is 1.48. The molecule has 5 heteroatoms. The number of halogens is 1. The molecular weight excluding hydrogens is 230 g/mol. The van der Waals surface area contributed by atoms with Gasteiger partial charge in [0.15, 0.2) is 0 Å².